The van der Waals surface area contributed by atoms with Crippen LogP contribution in [0.4, 0.5) is 5.82 Å². The molecule has 0 saturated heterocycles. The highest BCUT2D eigenvalue weighted by molar-refractivity contribution is 14.1. The molecule has 0 spiro atoms. The van der Waals surface area contributed by atoms with Crippen LogP contribution < -0.4 is 5.32 Å². The Morgan fingerprint density at radius 3 is 2.82 bits per heavy atom. The average Bonchev–Trinajstić information content (AvgIpc) is 3.09. The van der Waals surface area contributed by atoms with E-state index in [1.807, 2.05) is 16.8 Å². The van der Waals surface area contributed by atoms with Crippen molar-refractivity contribution in [1.29, 1.82) is 0 Å². The maximum Gasteiger partial charge on any atom is 0.133 e. The van der Waals surface area contributed by atoms with Crippen LogP contribution in [0.15, 0.2) is 53.0 Å². The molecule has 0 fully saturated rings. The number of hydrogen-bond donors (Lipinski definition) is 1. The van der Waals surface area contributed by atoms with Gasteiger partial charge in [0.05, 0.1) is 11.4 Å². The minimum atomic E-state index is 0.970. The molecule has 3 aromatic rings. The molecule has 1 aromatic heterocycles. The van der Waals surface area contributed by atoms with E-state index in [0.29, 0.717) is 0 Å². The fourth-order valence-corrected chi connectivity index (χ4v) is 3.77. The molecule has 0 amide bonds. The molecular formula is C17H13BrIN3. The lowest BCUT2D eigenvalue weighted by Crippen LogP contribution is -2.04. The third kappa shape index (κ3) is 2.46. The SMILES string of the molecule is Brc1cccc(-n2nc(-c3cccc(I)c3)c3c2NCC3)c1. The Hall–Kier alpha value is -1.34. The monoisotopic (exact) mass is 465 g/mol. The van der Waals surface area contributed by atoms with Crippen LogP contribution in [-0.2, 0) is 6.42 Å². The van der Waals surface area contributed by atoms with Gasteiger partial charge in [0.15, 0.2) is 0 Å². The Morgan fingerprint density at radius 2 is 2.00 bits per heavy atom. The van der Waals surface area contributed by atoms with Crippen molar-refractivity contribution in [2.24, 2.45) is 0 Å². The van der Waals surface area contributed by atoms with E-state index in [9.17, 15) is 0 Å². The number of nitrogens with one attached hydrogen (secondary N) is 1. The smallest absolute Gasteiger partial charge is 0.133 e. The zero-order chi connectivity index (χ0) is 15.1. The molecule has 0 bridgehead atoms. The Bertz CT molecular complexity index is 789. The van der Waals surface area contributed by atoms with E-state index < -0.39 is 0 Å². The van der Waals surface area contributed by atoms with Crippen molar-refractivity contribution < 1.29 is 0 Å². The van der Waals surface area contributed by atoms with Crippen molar-refractivity contribution in [2.75, 3.05) is 11.9 Å². The van der Waals surface area contributed by atoms with Crippen LogP contribution in [-0.4, -0.2) is 16.3 Å². The Kier molecular flexibility index (Phi) is 3.69. The maximum absolute atomic E-state index is 4.88. The summed E-state index contributed by atoms with van der Waals surface area (Å²) in [6, 6.07) is 16.7. The van der Waals surface area contributed by atoms with Gasteiger partial charge in [0, 0.05) is 25.7 Å². The zero-order valence-electron chi connectivity index (χ0n) is 11.7. The summed E-state index contributed by atoms with van der Waals surface area (Å²) in [5, 5.41) is 8.36. The largest absolute Gasteiger partial charge is 0.369 e. The van der Waals surface area contributed by atoms with Gasteiger partial charge in [0.2, 0.25) is 0 Å². The summed E-state index contributed by atoms with van der Waals surface area (Å²) in [6.07, 6.45) is 1.02. The second kappa shape index (κ2) is 5.70. The fourth-order valence-electron chi connectivity index (χ4n) is 2.84. The molecule has 3 nitrogen and oxygen atoms in total. The van der Waals surface area contributed by atoms with Gasteiger partial charge < -0.3 is 5.32 Å². The summed E-state index contributed by atoms with van der Waals surface area (Å²) in [6.45, 7) is 0.970. The van der Waals surface area contributed by atoms with Gasteiger partial charge in [-0.25, -0.2) is 4.68 Å². The van der Waals surface area contributed by atoms with E-state index in [1.54, 1.807) is 0 Å². The third-order valence-corrected chi connectivity index (χ3v) is 4.97. The molecule has 110 valence electrons. The number of halogens is 2. The minimum Gasteiger partial charge on any atom is -0.369 e. The highest BCUT2D eigenvalue weighted by Crippen LogP contribution is 2.35. The molecule has 0 aliphatic carbocycles. The molecule has 4 rings (SSSR count). The van der Waals surface area contributed by atoms with Crippen LogP contribution in [0.3, 0.4) is 0 Å². The van der Waals surface area contributed by atoms with Crippen LogP contribution in [0.25, 0.3) is 16.9 Å². The number of rotatable bonds is 2. The molecule has 1 N–H and O–H groups in total. The van der Waals surface area contributed by atoms with Crippen molar-refractivity contribution in [3.05, 3.63) is 62.1 Å². The predicted octanol–water partition coefficient (Wildman–Crippen LogP) is 4.87. The van der Waals surface area contributed by atoms with E-state index in [2.05, 4.69) is 80.2 Å². The molecule has 0 unspecified atom stereocenters. The molecule has 0 saturated carbocycles. The summed E-state index contributed by atoms with van der Waals surface area (Å²) in [5.41, 5.74) is 4.64. The maximum atomic E-state index is 4.88. The number of fused-ring (bicyclic) bond motifs is 1. The number of aromatic nitrogens is 2. The first kappa shape index (κ1) is 14.3. The highest BCUT2D eigenvalue weighted by atomic mass is 127. The standard InChI is InChI=1S/C17H13BrIN3/c18-12-4-2-6-14(10-12)22-17-15(7-8-20-17)16(21-22)11-3-1-5-13(19)9-11/h1-6,9-10,20H,7-8H2. The van der Waals surface area contributed by atoms with Gasteiger partial charge in [0.1, 0.15) is 5.82 Å². The predicted molar refractivity (Wildman–Crippen MR) is 102 cm³/mol. The summed E-state index contributed by atoms with van der Waals surface area (Å²) in [5.74, 6) is 1.12. The molecule has 1 aliphatic heterocycles. The van der Waals surface area contributed by atoms with E-state index in [1.165, 1.54) is 14.7 Å². The normalized spacial score (nSPS) is 13.0. The van der Waals surface area contributed by atoms with Crippen LogP contribution in [0.2, 0.25) is 0 Å². The van der Waals surface area contributed by atoms with Crippen LogP contribution in [0, 0.1) is 3.57 Å². The van der Waals surface area contributed by atoms with E-state index in [0.717, 1.165) is 34.6 Å². The molecular weight excluding hydrogens is 453 g/mol. The Morgan fingerprint density at radius 1 is 1.14 bits per heavy atom. The topological polar surface area (TPSA) is 29.9 Å². The summed E-state index contributed by atoms with van der Waals surface area (Å²) in [4.78, 5) is 0. The van der Waals surface area contributed by atoms with Crippen molar-refractivity contribution >= 4 is 44.3 Å². The third-order valence-electron chi connectivity index (χ3n) is 3.80. The van der Waals surface area contributed by atoms with E-state index >= 15 is 0 Å². The van der Waals surface area contributed by atoms with Gasteiger partial charge in [-0.3, -0.25) is 0 Å². The van der Waals surface area contributed by atoms with Crippen LogP contribution in [0.1, 0.15) is 5.56 Å². The van der Waals surface area contributed by atoms with Gasteiger partial charge in [-0.1, -0.05) is 34.1 Å². The van der Waals surface area contributed by atoms with Gasteiger partial charge in [-0.15, -0.1) is 0 Å². The van der Waals surface area contributed by atoms with E-state index in [4.69, 9.17) is 5.10 Å². The van der Waals surface area contributed by atoms with Crippen LogP contribution in [0.5, 0.6) is 0 Å². The molecule has 2 aromatic carbocycles. The Labute approximate surface area is 151 Å². The lowest BCUT2D eigenvalue weighted by Gasteiger charge is -2.06. The van der Waals surface area contributed by atoms with Gasteiger partial charge >= 0.3 is 0 Å². The molecule has 2 heterocycles. The number of nitrogens with zero attached hydrogens (tertiary/aromatic N) is 2. The van der Waals surface area contributed by atoms with Crippen molar-refractivity contribution in [1.82, 2.24) is 9.78 Å². The van der Waals surface area contributed by atoms with Crippen molar-refractivity contribution in [2.45, 2.75) is 6.42 Å². The first-order valence-corrected chi connectivity index (χ1v) is 8.97. The number of benzene rings is 2. The second-order valence-electron chi connectivity index (χ2n) is 5.25. The minimum absolute atomic E-state index is 0.970. The van der Waals surface area contributed by atoms with Gasteiger partial charge in [-0.2, -0.15) is 5.10 Å². The first-order chi connectivity index (χ1) is 10.7. The summed E-state index contributed by atoms with van der Waals surface area (Å²) >= 11 is 5.89. The lowest BCUT2D eigenvalue weighted by molar-refractivity contribution is 0.882. The summed E-state index contributed by atoms with van der Waals surface area (Å²) < 4.78 is 4.30. The quantitative estimate of drug-likeness (QED) is 0.547. The fraction of sp³-hybridized carbons (Fsp3) is 0.118. The lowest BCUT2D eigenvalue weighted by atomic mass is 10.1. The first-order valence-electron chi connectivity index (χ1n) is 7.10. The summed E-state index contributed by atoms with van der Waals surface area (Å²) in [7, 11) is 0. The zero-order valence-corrected chi connectivity index (χ0v) is 15.4. The molecule has 22 heavy (non-hydrogen) atoms. The highest BCUT2D eigenvalue weighted by Gasteiger charge is 2.23. The van der Waals surface area contributed by atoms with Crippen LogP contribution >= 0.6 is 38.5 Å². The number of anilines is 1. The second-order valence-corrected chi connectivity index (χ2v) is 7.42. The Balaban J connectivity index is 1.90. The average molecular weight is 466 g/mol. The molecule has 0 radical (unpaired) electrons. The van der Waals surface area contributed by atoms with Gasteiger partial charge in [0.25, 0.3) is 0 Å². The molecule has 0 atom stereocenters. The van der Waals surface area contributed by atoms with E-state index in [-0.39, 0.29) is 0 Å². The number of hydrogen-bond acceptors (Lipinski definition) is 2. The molecule has 5 heteroatoms. The van der Waals surface area contributed by atoms with Crippen molar-refractivity contribution in [3.8, 4) is 16.9 Å². The van der Waals surface area contributed by atoms with Gasteiger partial charge in [-0.05, 0) is 59.3 Å². The molecule has 1 aliphatic rings. The van der Waals surface area contributed by atoms with Crippen molar-refractivity contribution in [3.63, 3.8) is 0 Å².